The lowest BCUT2D eigenvalue weighted by Gasteiger charge is -2.09. The second kappa shape index (κ2) is 6.46. The van der Waals surface area contributed by atoms with Crippen molar-refractivity contribution in [3.05, 3.63) is 34.3 Å². The lowest BCUT2D eigenvalue weighted by Crippen LogP contribution is -2.03. The molecule has 0 atom stereocenters. The molecular weight excluding hydrogens is 212 g/mol. The Hall–Kier alpha value is -1.02. The van der Waals surface area contributed by atoms with Crippen molar-refractivity contribution in [1.82, 2.24) is 0 Å². The molecule has 0 aromatic heterocycles. The minimum Gasteiger partial charge on any atom is -0.478 e. The highest BCUT2D eigenvalue weighted by molar-refractivity contribution is 6.30. The van der Waals surface area contributed by atoms with E-state index in [1.54, 1.807) is 12.1 Å². The molecule has 0 radical (unpaired) electrons. The molecule has 84 valence electrons. The molecule has 3 heteroatoms. The van der Waals surface area contributed by atoms with E-state index < -0.39 is 5.97 Å². The zero-order chi connectivity index (χ0) is 12.0. The topological polar surface area (TPSA) is 37.3 Å². The first kappa shape index (κ1) is 14.0. The first-order valence-electron chi connectivity index (χ1n) is 5.05. The van der Waals surface area contributed by atoms with Crippen molar-refractivity contribution in [3.8, 4) is 0 Å². The largest absolute Gasteiger partial charge is 0.478 e. The van der Waals surface area contributed by atoms with Gasteiger partial charge in [0.2, 0.25) is 0 Å². The number of carbonyl (C=O) groups is 1. The van der Waals surface area contributed by atoms with Crippen LogP contribution in [0.15, 0.2) is 18.2 Å². The highest BCUT2D eigenvalue weighted by atomic mass is 35.5. The van der Waals surface area contributed by atoms with Crippen LogP contribution in [0.5, 0.6) is 0 Å². The van der Waals surface area contributed by atoms with Crippen LogP contribution in [0.1, 0.15) is 49.5 Å². The molecule has 1 aromatic carbocycles. The van der Waals surface area contributed by atoms with E-state index in [0.717, 1.165) is 5.56 Å². The van der Waals surface area contributed by atoms with Crippen LogP contribution in [-0.2, 0) is 0 Å². The first-order chi connectivity index (χ1) is 7.02. The average Bonchev–Trinajstić information content (AvgIpc) is 2.20. The number of hydrogen-bond donors (Lipinski definition) is 1. The van der Waals surface area contributed by atoms with Crippen LogP contribution in [0.2, 0.25) is 5.02 Å². The molecule has 0 saturated heterocycles. The minimum absolute atomic E-state index is 0.198. The van der Waals surface area contributed by atoms with Gasteiger partial charge in [-0.3, -0.25) is 0 Å². The third-order valence-electron chi connectivity index (χ3n) is 1.87. The summed E-state index contributed by atoms with van der Waals surface area (Å²) in [7, 11) is 0. The summed E-state index contributed by atoms with van der Waals surface area (Å²) in [6, 6.07) is 4.96. The predicted molar refractivity (Wildman–Crippen MR) is 63.8 cm³/mol. The number of benzene rings is 1. The fourth-order valence-corrected chi connectivity index (χ4v) is 1.39. The molecule has 0 fully saturated rings. The smallest absolute Gasteiger partial charge is 0.336 e. The van der Waals surface area contributed by atoms with E-state index in [9.17, 15) is 4.79 Å². The normalized spacial score (nSPS) is 9.47. The standard InChI is InChI=1S/C10H11ClO2.C2H6/c1-6(2)8-4-3-7(11)5-9(8)10(12)13;1-2/h3-6H,1-2H3,(H,12,13);1-2H3. The summed E-state index contributed by atoms with van der Waals surface area (Å²) in [5.74, 6) is -0.727. The molecule has 15 heavy (non-hydrogen) atoms. The fourth-order valence-electron chi connectivity index (χ4n) is 1.22. The Morgan fingerprint density at radius 3 is 2.27 bits per heavy atom. The van der Waals surface area contributed by atoms with E-state index in [2.05, 4.69) is 0 Å². The lowest BCUT2D eigenvalue weighted by atomic mass is 9.97. The Morgan fingerprint density at radius 2 is 1.87 bits per heavy atom. The van der Waals surface area contributed by atoms with E-state index in [-0.39, 0.29) is 5.92 Å². The van der Waals surface area contributed by atoms with Gasteiger partial charge in [0.15, 0.2) is 0 Å². The maximum Gasteiger partial charge on any atom is 0.336 e. The highest BCUT2D eigenvalue weighted by Crippen LogP contribution is 2.22. The van der Waals surface area contributed by atoms with Crippen molar-refractivity contribution < 1.29 is 9.90 Å². The zero-order valence-electron chi connectivity index (χ0n) is 9.54. The summed E-state index contributed by atoms with van der Waals surface area (Å²) in [5, 5.41) is 9.34. The van der Waals surface area contributed by atoms with Gasteiger partial charge in [-0.2, -0.15) is 0 Å². The maximum atomic E-state index is 10.8. The summed E-state index contributed by atoms with van der Waals surface area (Å²) < 4.78 is 0. The molecule has 1 aromatic rings. The Morgan fingerprint density at radius 1 is 1.33 bits per heavy atom. The van der Waals surface area contributed by atoms with Crippen LogP contribution < -0.4 is 0 Å². The van der Waals surface area contributed by atoms with Gasteiger partial charge >= 0.3 is 5.97 Å². The molecule has 0 unspecified atom stereocenters. The molecule has 0 aliphatic heterocycles. The van der Waals surface area contributed by atoms with Crippen molar-refractivity contribution in [2.75, 3.05) is 0 Å². The molecule has 0 amide bonds. The van der Waals surface area contributed by atoms with Crippen molar-refractivity contribution in [3.63, 3.8) is 0 Å². The Labute approximate surface area is 95.9 Å². The van der Waals surface area contributed by atoms with Crippen LogP contribution in [0, 0.1) is 0 Å². The number of aromatic carboxylic acids is 1. The zero-order valence-corrected chi connectivity index (χ0v) is 10.3. The number of carboxylic acids is 1. The molecule has 1 N–H and O–H groups in total. The molecule has 2 nitrogen and oxygen atoms in total. The molecule has 1 rings (SSSR count). The molecule has 0 heterocycles. The molecular formula is C12H17ClO2. The van der Waals surface area contributed by atoms with Crippen LogP contribution >= 0.6 is 11.6 Å². The summed E-state index contributed by atoms with van der Waals surface area (Å²) in [4.78, 5) is 10.8. The molecule has 0 bridgehead atoms. The van der Waals surface area contributed by atoms with Crippen LogP contribution in [-0.4, -0.2) is 11.1 Å². The Bertz CT molecular complexity index is 332. The second-order valence-electron chi connectivity index (χ2n) is 3.19. The van der Waals surface area contributed by atoms with Gasteiger partial charge < -0.3 is 5.11 Å². The minimum atomic E-state index is -0.925. The Balaban J connectivity index is 0.000000921. The number of hydrogen-bond acceptors (Lipinski definition) is 1. The van der Waals surface area contributed by atoms with Gasteiger partial charge in [-0.15, -0.1) is 0 Å². The SMILES string of the molecule is CC.CC(C)c1ccc(Cl)cc1C(=O)O. The number of halogens is 1. The number of rotatable bonds is 2. The summed E-state index contributed by atoms with van der Waals surface area (Å²) in [5.41, 5.74) is 1.11. The van der Waals surface area contributed by atoms with Gasteiger partial charge in [-0.25, -0.2) is 4.79 Å². The van der Waals surface area contributed by atoms with Crippen molar-refractivity contribution in [2.45, 2.75) is 33.6 Å². The van der Waals surface area contributed by atoms with E-state index >= 15 is 0 Å². The van der Waals surface area contributed by atoms with E-state index in [4.69, 9.17) is 16.7 Å². The first-order valence-corrected chi connectivity index (χ1v) is 5.43. The van der Waals surface area contributed by atoms with Crippen molar-refractivity contribution in [2.24, 2.45) is 0 Å². The van der Waals surface area contributed by atoms with E-state index in [1.807, 2.05) is 27.7 Å². The predicted octanol–water partition coefficient (Wildman–Crippen LogP) is 4.19. The third kappa shape index (κ3) is 3.92. The van der Waals surface area contributed by atoms with Crippen molar-refractivity contribution >= 4 is 17.6 Å². The van der Waals surface area contributed by atoms with Gasteiger partial charge in [-0.05, 0) is 23.6 Å². The maximum absolute atomic E-state index is 10.8. The summed E-state index contributed by atoms with van der Waals surface area (Å²) in [6.45, 7) is 7.91. The van der Waals surface area contributed by atoms with Gasteiger partial charge in [0, 0.05) is 5.02 Å². The summed E-state index contributed by atoms with van der Waals surface area (Å²) >= 11 is 5.70. The van der Waals surface area contributed by atoms with Gasteiger partial charge in [0.1, 0.15) is 0 Å². The van der Waals surface area contributed by atoms with E-state index in [0.29, 0.717) is 10.6 Å². The quantitative estimate of drug-likeness (QED) is 0.824. The van der Waals surface area contributed by atoms with Gasteiger partial charge in [0.05, 0.1) is 5.56 Å². The van der Waals surface area contributed by atoms with Gasteiger partial charge in [-0.1, -0.05) is 45.4 Å². The van der Waals surface area contributed by atoms with Crippen molar-refractivity contribution in [1.29, 1.82) is 0 Å². The van der Waals surface area contributed by atoms with Crippen LogP contribution in [0.4, 0.5) is 0 Å². The second-order valence-corrected chi connectivity index (χ2v) is 3.63. The molecule has 0 aliphatic carbocycles. The third-order valence-corrected chi connectivity index (χ3v) is 2.10. The molecule has 0 spiro atoms. The van der Waals surface area contributed by atoms with Crippen LogP contribution in [0.3, 0.4) is 0 Å². The average molecular weight is 229 g/mol. The van der Waals surface area contributed by atoms with Crippen LogP contribution in [0.25, 0.3) is 0 Å². The fraction of sp³-hybridized carbons (Fsp3) is 0.417. The Kier molecular flexibility index (Phi) is 6.02. The molecule has 0 saturated carbocycles. The lowest BCUT2D eigenvalue weighted by molar-refractivity contribution is 0.0695. The summed E-state index contributed by atoms with van der Waals surface area (Å²) in [6.07, 6.45) is 0. The highest BCUT2D eigenvalue weighted by Gasteiger charge is 2.12. The molecule has 0 aliphatic rings. The number of carboxylic acid groups (broad SMARTS) is 1. The van der Waals surface area contributed by atoms with Gasteiger partial charge in [0.25, 0.3) is 0 Å². The van der Waals surface area contributed by atoms with E-state index in [1.165, 1.54) is 6.07 Å². The monoisotopic (exact) mass is 228 g/mol.